The maximum Gasteiger partial charge on any atom is 0.303 e. The highest BCUT2D eigenvalue weighted by Crippen LogP contribution is 2.35. The Hall–Kier alpha value is -0.650. The van der Waals surface area contributed by atoms with Crippen molar-refractivity contribution in [2.45, 2.75) is 111 Å². The summed E-state index contributed by atoms with van der Waals surface area (Å²) in [6, 6.07) is 0. The molecule has 1 fully saturated rings. The Morgan fingerprint density at radius 2 is 1.82 bits per heavy atom. The van der Waals surface area contributed by atoms with E-state index in [9.17, 15) is 9.90 Å². The summed E-state index contributed by atoms with van der Waals surface area (Å²) < 4.78 is 12.7. The van der Waals surface area contributed by atoms with E-state index in [0.29, 0.717) is 31.3 Å². The van der Waals surface area contributed by atoms with Crippen LogP contribution in [0, 0.1) is 17.3 Å². The van der Waals surface area contributed by atoms with Crippen molar-refractivity contribution in [1.29, 1.82) is 0 Å². The number of carboxylic acids is 1. The maximum absolute atomic E-state index is 10.7. The third kappa shape index (κ3) is 9.71. The molecule has 0 spiro atoms. The average molecular weight is 401 g/mol. The molecule has 0 aliphatic heterocycles. The van der Waals surface area contributed by atoms with Crippen molar-refractivity contribution in [2.24, 2.45) is 17.3 Å². The Bertz CT molecular complexity index is 429. The summed E-state index contributed by atoms with van der Waals surface area (Å²) >= 11 is 0. The second-order valence-electron chi connectivity index (χ2n) is 9.81. The summed E-state index contributed by atoms with van der Waals surface area (Å²) in [7, 11) is 0. The number of aliphatic hydroxyl groups is 1. The van der Waals surface area contributed by atoms with Crippen molar-refractivity contribution in [1.82, 2.24) is 0 Å². The average Bonchev–Trinajstić information content (AvgIpc) is 2.59. The highest BCUT2D eigenvalue weighted by Gasteiger charge is 2.33. The predicted molar refractivity (Wildman–Crippen MR) is 112 cm³/mol. The van der Waals surface area contributed by atoms with Gasteiger partial charge >= 0.3 is 5.97 Å². The van der Waals surface area contributed by atoms with Gasteiger partial charge in [0.25, 0.3) is 0 Å². The number of carboxylic acid groups (broad SMARTS) is 1. The molecule has 0 aromatic carbocycles. The first kappa shape index (κ1) is 25.4. The number of rotatable bonds is 13. The van der Waals surface area contributed by atoms with Gasteiger partial charge < -0.3 is 19.7 Å². The van der Waals surface area contributed by atoms with Crippen molar-refractivity contribution >= 4 is 5.97 Å². The Balaban J connectivity index is 2.65. The lowest BCUT2D eigenvalue weighted by molar-refractivity contribution is -0.137. The number of aliphatic carboxylic acids is 1. The van der Waals surface area contributed by atoms with Gasteiger partial charge in [0.2, 0.25) is 0 Å². The first-order chi connectivity index (χ1) is 13.1. The van der Waals surface area contributed by atoms with Gasteiger partial charge in [-0.2, -0.15) is 0 Å². The quantitative estimate of drug-likeness (QED) is 0.423. The minimum absolute atomic E-state index is 0.00223. The lowest BCUT2D eigenvalue weighted by Crippen LogP contribution is -2.39. The number of hydrogen-bond acceptors (Lipinski definition) is 4. The zero-order valence-corrected chi connectivity index (χ0v) is 18.8. The zero-order chi connectivity index (χ0) is 21.2. The third-order valence-electron chi connectivity index (χ3n) is 5.98. The SMILES string of the molecule is CC(C)C1CCCCC1OC(CCO)CC(OCCCCC(=O)O)C(C)(C)C. The van der Waals surface area contributed by atoms with Crippen molar-refractivity contribution in [3.8, 4) is 0 Å². The number of unbranched alkanes of at least 4 members (excludes halogenated alkanes) is 1. The van der Waals surface area contributed by atoms with Crippen LogP contribution >= 0.6 is 0 Å². The number of carbonyl (C=O) groups is 1. The van der Waals surface area contributed by atoms with Crippen molar-refractivity contribution in [3.63, 3.8) is 0 Å². The van der Waals surface area contributed by atoms with E-state index in [1.807, 2.05) is 0 Å². The molecule has 1 aliphatic carbocycles. The lowest BCUT2D eigenvalue weighted by atomic mass is 9.79. The predicted octanol–water partition coefficient (Wildman–Crippen LogP) is 5.05. The van der Waals surface area contributed by atoms with E-state index < -0.39 is 5.97 Å². The van der Waals surface area contributed by atoms with Gasteiger partial charge in [0.1, 0.15) is 0 Å². The van der Waals surface area contributed by atoms with Crippen LogP contribution in [0.5, 0.6) is 0 Å². The summed E-state index contributed by atoms with van der Waals surface area (Å²) in [5.41, 5.74) is -0.0339. The molecule has 28 heavy (non-hydrogen) atoms. The van der Waals surface area contributed by atoms with Crippen LogP contribution in [0.2, 0.25) is 0 Å². The van der Waals surface area contributed by atoms with Gasteiger partial charge in [-0.25, -0.2) is 0 Å². The van der Waals surface area contributed by atoms with Gasteiger partial charge in [-0.1, -0.05) is 47.5 Å². The van der Waals surface area contributed by atoms with Crippen molar-refractivity contribution in [3.05, 3.63) is 0 Å². The van der Waals surface area contributed by atoms with E-state index in [1.165, 1.54) is 19.3 Å². The van der Waals surface area contributed by atoms with Crippen LogP contribution in [-0.2, 0) is 14.3 Å². The minimum atomic E-state index is -0.754. The second-order valence-corrected chi connectivity index (χ2v) is 9.81. The summed E-state index contributed by atoms with van der Waals surface area (Å²) in [5, 5.41) is 18.3. The molecule has 5 nitrogen and oxygen atoms in total. The van der Waals surface area contributed by atoms with Crippen LogP contribution in [0.25, 0.3) is 0 Å². The Morgan fingerprint density at radius 1 is 1.14 bits per heavy atom. The first-order valence-electron chi connectivity index (χ1n) is 11.2. The smallest absolute Gasteiger partial charge is 0.303 e. The van der Waals surface area contributed by atoms with Gasteiger partial charge in [0.15, 0.2) is 0 Å². The molecule has 4 atom stereocenters. The Morgan fingerprint density at radius 3 is 2.39 bits per heavy atom. The zero-order valence-electron chi connectivity index (χ0n) is 18.8. The molecule has 0 amide bonds. The highest BCUT2D eigenvalue weighted by atomic mass is 16.5. The molecule has 1 aliphatic rings. The van der Waals surface area contributed by atoms with Crippen LogP contribution in [0.3, 0.4) is 0 Å². The normalized spacial score (nSPS) is 23.0. The molecule has 0 radical (unpaired) electrons. The van der Waals surface area contributed by atoms with Crippen LogP contribution in [0.1, 0.15) is 92.4 Å². The molecule has 5 heteroatoms. The number of aliphatic hydroxyl groups excluding tert-OH is 1. The van der Waals surface area contributed by atoms with E-state index in [0.717, 1.165) is 19.3 Å². The second kappa shape index (κ2) is 12.8. The standard InChI is InChI=1S/C23H44O5/c1-17(2)19-10-6-7-11-20(19)28-18(13-14-24)16-21(23(3,4)5)27-15-9-8-12-22(25)26/h17-21,24H,6-16H2,1-5H3,(H,25,26). The molecule has 4 unspecified atom stereocenters. The number of ether oxygens (including phenoxy) is 2. The van der Waals surface area contributed by atoms with Crippen LogP contribution < -0.4 is 0 Å². The Kier molecular flexibility index (Phi) is 11.6. The minimum Gasteiger partial charge on any atom is -0.481 e. The summed E-state index contributed by atoms with van der Waals surface area (Å²) in [6.07, 6.45) is 8.15. The van der Waals surface area contributed by atoms with Gasteiger partial charge in [-0.05, 0) is 49.4 Å². The van der Waals surface area contributed by atoms with E-state index in [4.69, 9.17) is 14.6 Å². The third-order valence-corrected chi connectivity index (χ3v) is 5.98. The van der Waals surface area contributed by atoms with Crippen molar-refractivity contribution < 1.29 is 24.5 Å². The highest BCUT2D eigenvalue weighted by molar-refractivity contribution is 5.66. The molecule has 0 bridgehead atoms. The molecule has 166 valence electrons. The molecule has 1 rings (SSSR count). The molecular weight excluding hydrogens is 356 g/mol. The van der Waals surface area contributed by atoms with Gasteiger partial charge in [0, 0.05) is 26.1 Å². The van der Waals surface area contributed by atoms with E-state index in [2.05, 4.69) is 34.6 Å². The summed E-state index contributed by atoms with van der Waals surface area (Å²) in [5.74, 6) is 0.458. The molecule has 0 saturated heterocycles. The van der Waals surface area contributed by atoms with Crippen LogP contribution in [0.15, 0.2) is 0 Å². The van der Waals surface area contributed by atoms with Crippen LogP contribution in [0.4, 0.5) is 0 Å². The fourth-order valence-electron chi connectivity index (χ4n) is 4.20. The largest absolute Gasteiger partial charge is 0.481 e. The first-order valence-corrected chi connectivity index (χ1v) is 11.2. The van der Waals surface area contributed by atoms with Crippen LogP contribution in [-0.4, -0.2) is 47.7 Å². The monoisotopic (exact) mass is 400 g/mol. The van der Waals surface area contributed by atoms with Gasteiger partial charge in [-0.15, -0.1) is 0 Å². The molecule has 0 aromatic heterocycles. The van der Waals surface area contributed by atoms with Gasteiger partial charge in [-0.3, -0.25) is 4.79 Å². The molecular formula is C23H44O5. The van der Waals surface area contributed by atoms with E-state index in [-0.39, 0.29) is 36.8 Å². The molecule has 0 heterocycles. The molecule has 2 N–H and O–H groups in total. The molecule has 1 saturated carbocycles. The summed E-state index contributed by atoms with van der Waals surface area (Å²) in [4.78, 5) is 10.7. The fraction of sp³-hybridized carbons (Fsp3) is 0.957. The van der Waals surface area contributed by atoms with Gasteiger partial charge in [0.05, 0.1) is 18.3 Å². The topological polar surface area (TPSA) is 76.0 Å². The molecule has 0 aromatic rings. The van der Waals surface area contributed by atoms with E-state index in [1.54, 1.807) is 0 Å². The Labute approximate surface area is 172 Å². The van der Waals surface area contributed by atoms with Crippen molar-refractivity contribution in [2.75, 3.05) is 13.2 Å². The maximum atomic E-state index is 10.7. The van der Waals surface area contributed by atoms with E-state index >= 15 is 0 Å². The lowest BCUT2D eigenvalue weighted by Gasteiger charge is -2.39. The summed E-state index contributed by atoms with van der Waals surface area (Å²) in [6.45, 7) is 11.8. The fourth-order valence-corrected chi connectivity index (χ4v) is 4.20. The number of hydrogen-bond donors (Lipinski definition) is 2.